The van der Waals surface area contributed by atoms with E-state index in [2.05, 4.69) is 25.9 Å². The number of guanidine groups is 2. The van der Waals surface area contributed by atoms with Gasteiger partial charge < -0.3 is 49.5 Å². The van der Waals surface area contributed by atoms with Crippen molar-refractivity contribution in [2.24, 2.45) is 38.7 Å². The number of hydrogen-bond donors (Lipinski definition) is 8. The van der Waals surface area contributed by atoms with E-state index in [-0.39, 0.29) is 55.8 Å². The van der Waals surface area contributed by atoms with Crippen LogP contribution in [0.5, 0.6) is 0 Å². The van der Waals surface area contributed by atoms with Gasteiger partial charge in [0.05, 0.1) is 6.54 Å². The Morgan fingerprint density at radius 2 is 1.56 bits per heavy atom. The van der Waals surface area contributed by atoms with E-state index in [0.717, 1.165) is 16.3 Å². The van der Waals surface area contributed by atoms with Gasteiger partial charge in [-0.1, -0.05) is 64.1 Å². The number of aliphatic imine (C=N–C) groups is 2. The van der Waals surface area contributed by atoms with Crippen LogP contribution < -0.4 is 44.6 Å². The summed E-state index contributed by atoms with van der Waals surface area (Å²) in [6.07, 6.45) is 0.450. The van der Waals surface area contributed by atoms with Gasteiger partial charge in [-0.3, -0.25) is 34.0 Å². The van der Waals surface area contributed by atoms with Gasteiger partial charge in [0.15, 0.2) is 11.9 Å². The molecular formula is C30H43N11O5S2. The molecule has 1 heterocycles. The number of primary amides is 1. The molecule has 4 atom stereocenters. The van der Waals surface area contributed by atoms with Gasteiger partial charge in [-0.25, -0.2) is 0 Å². The van der Waals surface area contributed by atoms with Crippen molar-refractivity contribution in [1.29, 1.82) is 0 Å². The van der Waals surface area contributed by atoms with Gasteiger partial charge in [0.25, 0.3) is 0 Å². The van der Waals surface area contributed by atoms with E-state index in [9.17, 15) is 24.0 Å². The first-order valence-corrected chi connectivity index (χ1v) is 17.6. The smallest absolute Gasteiger partial charge is 0.246 e. The number of likely N-dealkylation sites (N-methyl/N-ethyl adjacent to an activating group) is 1. The maximum Gasteiger partial charge on any atom is 0.246 e. The molecule has 48 heavy (non-hydrogen) atoms. The van der Waals surface area contributed by atoms with Crippen molar-refractivity contribution in [3.63, 3.8) is 0 Å². The van der Waals surface area contributed by atoms with Gasteiger partial charge in [-0.05, 0) is 29.2 Å². The highest BCUT2D eigenvalue weighted by molar-refractivity contribution is 8.76. The Labute approximate surface area is 286 Å². The molecule has 2 aromatic carbocycles. The zero-order chi connectivity index (χ0) is 35.2. The van der Waals surface area contributed by atoms with Crippen molar-refractivity contribution >= 4 is 73.8 Å². The van der Waals surface area contributed by atoms with Crippen molar-refractivity contribution in [2.75, 3.05) is 31.6 Å². The van der Waals surface area contributed by atoms with Crippen molar-refractivity contribution in [2.45, 2.75) is 49.9 Å². The second-order valence-electron chi connectivity index (χ2n) is 11.1. The molecule has 18 heteroatoms. The first-order valence-electron chi connectivity index (χ1n) is 15.1. The third kappa shape index (κ3) is 11.8. The summed E-state index contributed by atoms with van der Waals surface area (Å²) >= 11 is 0. The molecule has 0 spiro atoms. The summed E-state index contributed by atoms with van der Waals surface area (Å²) in [6, 6.07) is 9.07. The van der Waals surface area contributed by atoms with E-state index in [1.54, 1.807) is 0 Å². The third-order valence-electron chi connectivity index (χ3n) is 7.41. The van der Waals surface area contributed by atoms with Crippen molar-refractivity contribution < 1.29 is 24.0 Å². The first-order chi connectivity index (χ1) is 22.8. The number of benzene rings is 2. The van der Waals surface area contributed by atoms with Crippen LogP contribution in [0.4, 0.5) is 0 Å². The monoisotopic (exact) mass is 701 g/mol. The van der Waals surface area contributed by atoms with Crippen LogP contribution in [0.3, 0.4) is 0 Å². The second-order valence-corrected chi connectivity index (χ2v) is 13.6. The van der Waals surface area contributed by atoms with E-state index in [0.29, 0.717) is 6.42 Å². The fraction of sp³-hybridized carbons (Fsp3) is 0.433. The lowest BCUT2D eigenvalue weighted by Crippen LogP contribution is -2.59. The lowest BCUT2D eigenvalue weighted by Gasteiger charge is -2.32. The van der Waals surface area contributed by atoms with E-state index in [1.807, 2.05) is 42.5 Å². The predicted molar refractivity (Wildman–Crippen MR) is 189 cm³/mol. The molecule has 0 saturated carbocycles. The van der Waals surface area contributed by atoms with Gasteiger partial charge >= 0.3 is 0 Å². The number of hydrogen-bond acceptors (Lipinski definition) is 9. The van der Waals surface area contributed by atoms with E-state index in [4.69, 9.17) is 28.7 Å². The summed E-state index contributed by atoms with van der Waals surface area (Å²) in [5.74, 6) is -3.16. The number of carbonyl (C=O) groups excluding carboxylic acids is 5. The summed E-state index contributed by atoms with van der Waals surface area (Å²) < 4.78 is 0. The molecule has 1 aliphatic rings. The fourth-order valence-corrected chi connectivity index (χ4v) is 7.23. The number of nitrogens with zero attached hydrogens (tertiary/aromatic N) is 3. The number of nitrogens with one attached hydrogen (secondary N) is 3. The van der Waals surface area contributed by atoms with Gasteiger partial charge in [0.2, 0.25) is 29.5 Å². The highest BCUT2D eigenvalue weighted by atomic mass is 33.1. The second kappa shape index (κ2) is 18.6. The molecule has 260 valence electrons. The molecule has 0 unspecified atom stereocenters. The van der Waals surface area contributed by atoms with E-state index in [1.165, 1.54) is 33.5 Å². The summed E-state index contributed by atoms with van der Waals surface area (Å²) in [5, 5.41) is 10.1. The molecule has 5 amide bonds. The van der Waals surface area contributed by atoms with Crippen LogP contribution in [-0.2, 0) is 30.4 Å². The average molecular weight is 702 g/mol. The first kappa shape index (κ1) is 37.7. The standard InChI is InChI=1S/C30H43N11O5S2/c1-41-23(7-4-11-36-29(32)33)27(45)39-20(14-17-8-9-18-5-2-3-6-19(18)13-17)26(44)40-21(25(31)43)15-47-48-16-22(28(41)46)38-24(42)10-12-37-30(34)35/h2-3,5-6,8-9,13,20-23H,4,7,10-12,14-16H2,1H3,(H2,31,43)(H,38,42)(H,39,45)(H,40,44)(H4,32,33,36)(H4,34,35,37)/t20-,21+,22-,23-/m0/s1. The van der Waals surface area contributed by atoms with Crippen LogP contribution in [0.25, 0.3) is 10.8 Å². The van der Waals surface area contributed by atoms with Crippen LogP contribution in [0.1, 0.15) is 24.8 Å². The Morgan fingerprint density at radius 1 is 0.896 bits per heavy atom. The Bertz CT molecular complexity index is 1530. The zero-order valence-electron chi connectivity index (χ0n) is 26.6. The molecule has 1 aliphatic heterocycles. The molecule has 2 aromatic rings. The van der Waals surface area contributed by atoms with Crippen molar-refractivity contribution in [3.8, 4) is 0 Å². The van der Waals surface area contributed by atoms with Crippen molar-refractivity contribution in [1.82, 2.24) is 20.9 Å². The molecule has 3 rings (SSSR count). The Kier molecular flexibility index (Phi) is 14.6. The van der Waals surface area contributed by atoms with Gasteiger partial charge in [0, 0.05) is 37.9 Å². The minimum atomic E-state index is -1.13. The predicted octanol–water partition coefficient (Wildman–Crippen LogP) is -1.74. The summed E-state index contributed by atoms with van der Waals surface area (Å²) in [5.41, 5.74) is 28.0. The molecule has 0 aromatic heterocycles. The number of amides is 5. The van der Waals surface area contributed by atoms with Crippen molar-refractivity contribution in [3.05, 3.63) is 48.0 Å². The molecule has 0 bridgehead atoms. The number of carbonyl (C=O) groups is 5. The van der Waals surface area contributed by atoms with Gasteiger partial charge in [-0.15, -0.1) is 0 Å². The number of nitrogens with two attached hydrogens (primary N) is 5. The minimum absolute atomic E-state index is 0.0151. The van der Waals surface area contributed by atoms with Gasteiger partial charge in [-0.2, -0.15) is 0 Å². The Balaban J connectivity index is 1.95. The minimum Gasteiger partial charge on any atom is -0.370 e. The Hall–Kier alpha value is -4.71. The molecule has 1 fully saturated rings. The van der Waals surface area contributed by atoms with Crippen LogP contribution in [0.2, 0.25) is 0 Å². The fourth-order valence-electron chi connectivity index (χ4n) is 4.90. The highest BCUT2D eigenvalue weighted by Gasteiger charge is 2.35. The molecule has 16 nitrogen and oxygen atoms in total. The number of fused-ring (bicyclic) bond motifs is 1. The number of rotatable bonds is 11. The molecular weight excluding hydrogens is 659 g/mol. The van der Waals surface area contributed by atoms with Crippen LogP contribution in [0, 0.1) is 0 Å². The lowest BCUT2D eigenvalue weighted by molar-refractivity contribution is -0.142. The normalized spacial score (nSPS) is 20.9. The summed E-state index contributed by atoms with van der Waals surface area (Å²) in [7, 11) is 3.85. The SMILES string of the molecule is CN1C(=O)[C@@H](NC(=O)CCN=C(N)N)CSSC[C@H](C(N)=O)NC(=O)[C@H](Cc2ccc3ccccc3c2)NC(=O)[C@@H]1CCCN=C(N)N. The maximum absolute atomic E-state index is 14.0. The average Bonchev–Trinajstić information content (AvgIpc) is 3.03. The van der Waals surface area contributed by atoms with Gasteiger partial charge in [0.1, 0.15) is 24.2 Å². The Morgan fingerprint density at radius 3 is 2.25 bits per heavy atom. The molecule has 13 N–H and O–H groups in total. The van der Waals surface area contributed by atoms with E-state index < -0.39 is 53.7 Å². The zero-order valence-corrected chi connectivity index (χ0v) is 28.2. The maximum atomic E-state index is 14.0. The quantitative estimate of drug-likeness (QED) is 0.0563. The largest absolute Gasteiger partial charge is 0.370 e. The highest BCUT2D eigenvalue weighted by Crippen LogP contribution is 2.25. The topological polar surface area (TPSA) is 280 Å². The lowest BCUT2D eigenvalue weighted by atomic mass is 10.00. The molecule has 0 aliphatic carbocycles. The van der Waals surface area contributed by atoms with Crippen LogP contribution in [0.15, 0.2) is 52.4 Å². The third-order valence-corrected chi connectivity index (χ3v) is 9.84. The van der Waals surface area contributed by atoms with E-state index >= 15 is 0 Å². The molecule has 0 radical (unpaired) electrons. The molecule has 1 saturated heterocycles. The van der Waals surface area contributed by atoms with Crippen LogP contribution in [-0.4, -0.2) is 102 Å². The summed E-state index contributed by atoms with van der Waals surface area (Å²) in [6.45, 7) is 0.202. The van der Waals surface area contributed by atoms with Crippen LogP contribution >= 0.6 is 21.6 Å². The summed E-state index contributed by atoms with van der Waals surface area (Å²) in [4.78, 5) is 75.6.